The molecule has 0 saturated heterocycles. The summed E-state index contributed by atoms with van der Waals surface area (Å²) >= 11 is 5.89. The van der Waals surface area contributed by atoms with Crippen LogP contribution in [-0.2, 0) is 14.8 Å². The van der Waals surface area contributed by atoms with E-state index >= 15 is 0 Å². The number of hydrogen-bond donors (Lipinski definition) is 1. The lowest BCUT2D eigenvalue weighted by Crippen LogP contribution is -2.38. The Balaban J connectivity index is 1.94. The standard InChI is InChI=1S/C21H17ClF2N2O4S/c1-30-17-7-9-18(10-8-17)31(28,29)26(16-5-2-14(22)3-6-16)13-21(27)25-20-11-4-15(23)12-19(20)24/h2-12H,13H2,1H3,(H,25,27). The Morgan fingerprint density at radius 3 is 2.26 bits per heavy atom. The van der Waals surface area contributed by atoms with Crippen molar-refractivity contribution >= 4 is 38.9 Å². The second kappa shape index (κ2) is 9.32. The summed E-state index contributed by atoms with van der Waals surface area (Å²) in [4.78, 5) is 12.5. The third kappa shape index (κ3) is 5.31. The molecule has 1 N–H and O–H groups in total. The van der Waals surface area contributed by atoms with Crippen LogP contribution in [0.3, 0.4) is 0 Å². The molecule has 0 bridgehead atoms. The molecule has 0 atom stereocenters. The van der Waals surface area contributed by atoms with Gasteiger partial charge in [0, 0.05) is 11.1 Å². The molecule has 0 radical (unpaired) electrons. The largest absolute Gasteiger partial charge is 0.497 e. The third-order valence-electron chi connectivity index (χ3n) is 4.25. The second-order valence-electron chi connectivity index (χ2n) is 6.34. The minimum atomic E-state index is -4.18. The van der Waals surface area contributed by atoms with E-state index in [0.717, 1.165) is 16.4 Å². The summed E-state index contributed by atoms with van der Waals surface area (Å²) in [6.07, 6.45) is 0. The van der Waals surface area contributed by atoms with Crippen molar-refractivity contribution in [2.45, 2.75) is 4.90 Å². The van der Waals surface area contributed by atoms with Crippen LogP contribution in [0, 0.1) is 11.6 Å². The van der Waals surface area contributed by atoms with Crippen LogP contribution in [0.1, 0.15) is 0 Å². The topological polar surface area (TPSA) is 75.7 Å². The van der Waals surface area contributed by atoms with Gasteiger partial charge >= 0.3 is 0 Å². The monoisotopic (exact) mass is 466 g/mol. The number of halogens is 3. The zero-order valence-corrected chi connectivity index (χ0v) is 17.8. The first-order chi connectivity index (χ1) is 14.7. The maximum Gasteiger partial charge on any atom is 0.264 e. The number of amides is 1. The Morgan fingerprint density at radius 1 is 1.03 bits per heavy atom. The smallest absolute Gasteiger partial charge is 0.264 e. The van der Waals surface area contributed by atoms with Crippen LogP contribution in [0.15, 0.2) is 71.6 Å². The Bertz CT molecular complexity index is 1190. The Hall–Kier alpha value is -3.17. The third-order valence-corrected chi connectivity index (χ3v) is 6.29. The minimum absolute atomic E-state index is 0.0796. The molecule has 6 nitrogen and oxygen atoms in total. The lowest BCUT2D eigenvalue weighted by Gasteiger charge is -2.24. The van der Waals surface area contributed by atoms with Crippen LogP contribution in [0.2, 0.25) is 5.02 Å². The molecule has 0 heterocycles. The molecule has 1 amide bonds. The van der Waals surface area contributed by atoms with Crippen LogP contribution in [0.5, 0.6) is 5.75 Å². The number of ether oxygens (including phenoxy) is 1. The van der Waals surface area contributed by atoms with Gasteiger partial charge in [-0.15, -0.1) is 0 Å². The van der Waals surface area contributed by atoms with Crippen LogP contribution >= 0.6 is 11.6 Å². The lowest BCUT2D eigenvalue weighted by molar-refractivity contribution is -0.114. The number of nitrogens with one attached hydrogen (secondary N) is 1. The molecule has 0 aromatic heterocycles. The molecule has 3 rings (SSSR count). The minimum Gasteiger partial charge on any atom is -0.497 e. The SMILES string of the molecule is COc1ccc(S(=O)(=O)N(CC(=O)Nc2ccc(F)cc2F)c2ccc(Cl)cc2)cc1. The number of sulfonamides is 1. The van der Waals surface area contributed by atoms with Crippen molar-refractivity contribution in [1.82, 2.24) is 0 Å². The van der Waals surface area contributed by atoms with E-state index < -0.39 is 34.1 Å². The number of hydrogen-bond acceptors (Lipinski definition) is 4. The highest BCUT2D eigenvalue weighted by atomic mass is 35.5. The van der Waals surface area contributed by atoms with Crippen molar-refractivity contribution in [3.8, 4) is 5.75 Å². The van der Waals surface area contributed by atoms with Gasteiger partial charge in [-0.05, 0) is 60.7 Å². The highest BCUT2D eigenvalue weighted by Crippen LogP contribution is 2.26. The van der Waals surface area contributed by atoms with Crippen LogP contribution in [-0.4, -0.2) is 28.0 Å². The van der Waals surface area contributed by atoms with E-state index in [-0.39, 0.29) is 16.3 Å². The predicted molar refractivity (Wildman–Crippen MR) is 114 cm³/mol. The summed E-state index contributed by atoms with van der Waals surface area (Å²) in [6, 6.07) is 14.1. The molecule has 31 heavy (non-hydrogen) atoms. The van der Waals surface area contributed by atoms with Gasteiger partial charge in [0.05, 0.1) is 23.4 Å². The number of nitrogens with zero attached hydrogens (tertiary/aromatic N) is 1. The zero-order chi connectivity index (χ0) is 22.6. The number of carbonyl (C=O) groups excluding carboxylic acids is 1. The highest BCUT2D eigenvalue weighted by molar-refractivity contribution is 7.92. The average molecular weight is 467 g/mol. The number of anilines is 2. The molecule has 0 aliphatic rings. The van der Waals surface area contributed by atoms with E-state index in [1.54, 1.807) is 0 Å². The summed E-state index contributed by atoms with van der Waals surface area (Å²) in [7, 11) is -2.73. The number of rotatable bonds is 7. The summed E-state index contributed by atoms with van der Waals surface area (Å²) in [6.45, 7) is -0.660. The van der Waals surface area contributed by atoms with Gasteiger partial charge in [-0.3, -0.25) is 9.10 Å². The van der Waals surface area contributed by atoms with Crippen molar-refractivity contribution in [3.05, 3.63) is 83.4 Å². The second-order valence-corrected chi connectivity index (χ2v) is 8.63. The van der Waals surface area contributed by atoms with Gasteiger partial charge in [-0.1, -0.05) is 11.6 Å². The Morgan fingerprint density at radius 2 is 1.68 bits per heavy atom. The number of benzene rings is 3. The van der Waals surface area contributed by atoms with Gasteiger partial charge in [0.2, 0.25) is 5.91 Å². The fourth-order valence-electron chi connectivity index (χ4n) is 2.71. The summed E-state index contributed by atoms with van der Waals surface area (Å²) in [5, 5.41) is 2.64. The van der Waals surface area contributed by atoms with Crippen molar-refractivity contribution in [2.24, 2.45) is 0 Å². The lowest BCUT2D eigenvalue weighted by atomic mass is 10.3. The van der Waals surface area contributed by atoms with Gasteiger partial charge in [0.25, 0.3) is 10.0 Å². The molecule has 0 unspecified atom stereocenters. The number of methoxy groups -OCH3 is 1. The van der Waals surface area contributed by atoms with E-state index in [9.17, 15) is 22.0 Å². The maximum absolute atomic E-state index is 13.9. The first-order valence-electron chi connectivity index (χ1n) is 8.88. The van der Waals surface area contributed by atoms with Gasteiger partial charge in [-0.2, -0.15) is 0 Å². The van der Waals surface area contributed by atoms with Gasteiger partial charge in [0.1, 0.15) is 23.9 Å². The fraction of sp³-hybridized carbons (Fsp3) is 0.0952. The van der Waals surface area contributed by atoms with Gasteiger partial charge in [0.15, 0.2) is 0 Å². The molecular formula is C21H17ClF2N2O4S. The first kappa shape index (κ1) is 22.5. The van der Waals surface area contributed by atoms with Crippen LogP contribution in [0.25, 0.3) is 0 Å². The Labute approximate surface area is 183 Å². The Kier molecular flexibility index (Phi) is 6.77. The van der Waals surface area contributed by atoms with Crippen LogP contribution in [0.4, 0.5) is 20.2 Å². The van der Waals surface area contributed by atoms with E-state index in [2.05, 4.69) is 5.32 Å². The zero-order valence-electron chi connectivity index (χ0n) is 16.2. The van der Waals surface area contributed by atoms with E-state index in [1.807, 2.05) is 0 Å². The van der Waals surface area contributed by atoms with Gasteiger partial charge < -0.3 is 10.1 Å². The molecule has 0 aliphatic heterocycles. The molecule has 3 aromatic carbocycles. The molecule has 0 spiro atoms. The average Bonchev–Trinajstić information content (AvgIpc) is 2.75. The predicted octanol–water partition coefficient (Wildman–Crippen LogP) is 4.46. The maximum atomic E-state index is 13.9. The molecule has 0 fully saturated rings. The normalized spacial score (nSPS) is 11.1. The molecule has 3 aromatic rings. The number of carbonyl (C=O) groups is 1. The molecule has 0 saturated carbocycles. The fourth-order valence-corrected chi connectivity index (χ4v) is 4.26. The van der Waals surface area contributed by atoms with Crippen molar-refractivity contribution in [1.29, 1.82) is 0 Å². The van der Waals surface area contributed by atoms with E-state index in [4.69, 9.17) is 16.3 Å². The summed E-state index contributed by atoms with van der Waals surface area (Å²) in [5.41, 5.74) is -0.0979. The molecule has 0 aliphatic carbocycles. The highest BCUT2D eigenvalue weighted by Gasteiger charge is 2.27. The van der Waals surface area contributed by atoms with Crippen molar-refractivity contribution in [2.75, 3.05) is 23.3 Å². The summed E-state index contributed by atoms with van der Waals surface area (Å²) in [5.74, 6) is -2.15. The van der Waals surface area contributed by atoms with E-state index in [0.29, 0.717) is 16.8 Å². The summed E-state index contributed by atoms with van der Waals surface area (Å²) < 4.78 is 59.4. The van der Waals surface area contributed by atoms with Gasteiger partial charge in [-0.25, -0.2) is 17.2 Å². The van der Waals surface area contributed by atoms with Crippen LogP contribution < -0.4 is 14.4 Å². The quantitative estimate of drug-likeness (QED) is 0.557. The van der Waals surface area contributed by atoms with Crippen molar-refractivity contribution < 1.29 is 26.7 Å². The molecular weight excluding hydrogens is 450 g/mol. The molecule has 162 valence electrons. The first-order valence-corrected chi connectivity index (χ1v) is 10.7. The van der Waals surface area contributed by atoms with E-state index in [1.165, 1.54) is 55.6 Å². The molecule has 10 heteroatoms. The van der Waals surface area contributed by atoms with Crippen molar-refractivity contribution in [3.63, 3.8) is 0 Å².